The molecule has 0 radical (unpaired) electrons. The molecule has 4 nitrogen and oxygen atoms in total. The quantitative estimate of drug-likeness (QED) is 0.847. The lowest BCUT2D eigenvalue weighted by Crippen LogP contribution is -2.33. The molecule has 0 saturated carbocycles. The van der Waals surface area contributed by atoms with E-state index in [1.165, 1.54) is 0 Å². The molecule has 1 atom stereocenters. The molecule has 0 aliphatic carbocycles. The first-order chi connectivity index (χ1) is 7.54. The number of amides is 1. The summed E-state index contributed by atoms with van der Waals surface area (Å²) in [4.78, 5) is 22.2. The fraction of sp³-hybridized carbons (Fsp3) is 0.273. The average molecular weight is 242 g/mol. The van der Waals surface area contributed by atoms with Crippen molar-refractivity contribution in [1.29, 1.82) is 0 Å². The van der Waals surface area contributed by atoms with Gasteiger partial charge in [-0.3, -0.25) is 4.79 Å². The van der Waals surface area contributed by atoms with Crippen molar-refractivity contribution in [2.24, 2.45) is 0 Å². The SMILES string of the molecule is CCC(=O)NC(C(=O)O)c1ccc(Cl)cc1. The molecule has 1 unspecified atom stereocenters. The molecule has 2 N–H and O–H groups in total. The second kappa shape index (κ2) is 5.51. The summed E-state index contributed by atoms with van der Waals surface area (Å²) in [6.45, 7) is 1.66. The highest BCUT2D eigenvalue weighted by molar-refractivity contribution is 6.30. The number of carboxylic acids is 1. The van der Waals surface area contributed by atoms with Crippen LogP contribution in [0.15, 0.2) is 24.3 Å². The zero-order chi connectivity index (χ0) is 12.1. The second-order valence-electron chi connectivity index (χ2n) is 3.24. The number of benzene rings is 1. The molecule has 0 aliphatic rings. The van der Waals surface area contributed by atoms with Crippen LogP contribution in [0.5, 0.6) is 0 Å². The van der Waals surface area contributed by atoms with Crippen molar-refractivity contribution in [3.05, 3.63) is 34.9 Å². The monoisotopic (exact) mass is 241 g/mol. The predicted octanol–water partition coefficient (Wildman–Crippen LogP) is 1.99. The Kier molecular flexibility index (Phi) is 4.31. The van der Waals surface area contributed by atoms with Crippen LogP contribution in [-0.2, 0) is 9.59 Å². The number of halogens is 1. The van der Waals surface area contributed by atoms with Crippen molar-refractivity contribution in [3.8, 4) is 0 Å². The van der Waals surface area contributed by atoms with E-state index in [1.807, 2.05) is 0 Å². The van der Waals surface area contributed by atoms with Crippen molar-refractivity contribution in [1.82, 2.24) is 5.32 Å². The molecular formula is C11H12ClNO3. The van der Waals surface area contributed by atoms with Gasteiger partial charge in [0.2, 0.25) is 5.91 Å². The largest absolute Gasteiger partial charge is 0.479 e. The number of carboxylic acid groups (broad SMARTS) is 1. The second-order valence-corrected chi connectivity index (χ2v) is 3.68. The van der Waals surface area contributed by atoms with Gasteiger partial charge in [-0.15, -0.1) is 0 Å². The van der Waals surface area contributed by atoms with Gasteiger partial charge in [0.1, 0.15) is 0 Å². The smallest absolute Gasteiger partial charge is 0.330 e. The summed E-state index contributed by atoms with van der Waals surface area (Å²) in [6, 6.07) is 5.31. The summed E-state index contributed by atoms with van der Waals surface area (Å²) in [7, 11) is 0. The van der Waals surface area contributed by atoms with E-state index in [4.69, 9.17) is 16.7 Å². The maximum atomic E-state index is 11.2. The first kappa shape index (κ1) is 12.5. The van der Waals surface area contributed by atoms with Gasteiger partial charge in [-0.1, -0.05) is 30.7 Å². The number of carbonyl (C=O) groups excluding carboxylic acids is 1. The minimum Gasteiger partial charge on any atom is -0.479 e. The third-order valence-electron chi connectivity index (χ3n) is 2.08. The van der Waals surface area contributed by atoms with Crippen molar-refractivity contribution in [3.63, 3.8) is 0 Å². The van der Waals surface area contributed by atoms with E-state index in [1.54, 1.807) is 31.2 Å². The van der Waals surface area contributed by atoms with Gasteiger partial charge in [0.05, 0.1) is 0 Å². The van der Waals surface area contributed by atoms with Crippen LogP contribution in [0.2, 0.25) is 5.02 Å². The minimum absolute atomic E-state index is 0.247. The van der Waals surface area contributed by atoms with E-state index in [9.17, 15) is 9.59 Å². The Balaban J connectivity index is 2.89. The van der Waals surface area contributed by atoms with Gasteiger partial charge < -0.3 is 10.4 Å². The number of aliphatic carboxylic acids is 1. The normalized spacial score (nSPS) is 11.9. The van der Waals surface area contributed by atoms with Crippen LogP contribution in [0.3, 0.4) is 0 Å². The molecule has 0 aliphatic heterocycles. The molecule has 0 spiro atoms. The Morgan fingerprint density at radius 2 is 1.94 bits per heavy atom. The molecule has 0 aromatic heterocycles. The van der Waals surface area contributed by atoms with Crippen molar-refractivity contribution >= 4 is 23.5 Å². The molecule has 86 valence electrons. The Morgan fingerprint density at radius 3 is 2.38 bits per heavy atom. The lowest BCUT2D eigenvalue weighted by atomic mass is 10.1. The molecule has 1 aromatic carbocycles. The van der Waals surface area contributed by atoms with Crippen LogP contribution >= 0.6 is 11.6 Å². The van der Waals surface area contributed by atoms with E-state index < -0.39 is 12.0 Å². The van der Waals surface area contributed by atoms with Gasteiger partial charge in [-0.25, -0.2) is 4.79 Å². The van der Waals surface area contributed by atoms with Crippen LogP contribution in [0.4, 0.5) is 0 Å². The zero-order valence-corrected chi connectivity index (χ0v) is 9.49. The van der Waals surface area contributed by atoms with Crippen molar-refractivity contribution in [2.45, 2.75) is 19.4 Å². The van der Waals surface area contributed by atoms with Gasteiger partial charge in [0, 0.05) is 11.4 Å². The number of rotatable bonds is 4. The number of carbonyl (C=O) groups is 2. The van der Waals surface area contributed by atoms with E-state index >= 15 is 0 Å². The number of nitrogens with one attached hydrogen (secondary N) is 1. The molecule has 16 heavy (non-hydrogen) atoms. The highest BCUT2D eigenvalue weighted by Crippen LogP contribution is 2.16. The van der Waals surface area contributed by atoms with E-state index in [0.717, 1.165) is 0 Å². The summed E-state index contributed by atoms with van der Waals surface area (Å²) >= 11 is 5.69. The molecule has 0 saturated heterocycles. The van der Waals surface area contributed by atoms with Crippen molar-refractivity contribution in [2.75, 3.05) is 0 Å². The topological polar surface area (TPSA) is 66.4 Å². The fourth-order valence-electron chi connectivity index (χ4n) is 1.21. The first-order valence-electron chi connectivity index (χ1n) is 4.82. The zero-order valence-electron chi connectivity index (χ0n) is 8.74. The Bertz CT molecular complexity index is 389. The van der Waals surface area contributed by atoms with Crippen LogP contribution < -0.4 is 5.32 Å². The molecule has 5 heteroatoms. The van der Waals surface area contributed by atoms with Crippen LogP contribution in [-0.4, -0.2) is 17.0 Å². The lowest BCUT2D eigenvalue weighted by molar-refractivity contribution is -0.142. The van der Waals surface area contributed by atoms with Gasteiger partial charge in [0.25, 0.3) is 0 Å². The summed E-state index contributed by atoms with van der Waals surface area (Å²) in [5.74, 6) is -1.40. The van der Waals surface area contributed by atoms with E-state index in [2.05, 4.69) is 5.32 Å². The van der Waals surface area contributed by atoms with Gasteiger partial charge in [0.15, 0.2) is 6.04 Å². The first-order valence-corrected chi connectivity index (χ1v) is 5.20. The van der Waals surface area contributed by atoms with Gasteiger partial charge in [-0.05, 0) is 17.7 Å². The molecule has 0 fully saturated rings. The summed E-state index contributed by atoms with van der Waals surface area (Å²) < 4.78 is 0. The third kappa shape index (κ3) is 3.24. The van der Waals surface area contributed by atoms with Crippen LogP contribution in [0.25, 0.3) is 0 Å². The highest BCUT2D eigenvalue weighted by atomic mass is 35.5. The van der Waals surface area contributed by atoms with Crippen LogP contribution in [0.1, 0.15) is 24.9 Å². The molecular weight excluding hydrogens is 230 g/mol. The number of hydrogen-bond donors (Lipinski definition) is 2. The highest BCUT2D eigenvalue weighted by Gasteiger charge is 2.20. The molecule has 1 rings (SSSR count). The lowest BCUT2D eigenvalue weighted by Gasteiger charge is -2.14. The average Bonchev–Trinajstić information content (AvgIpc) is 2.26. The Morgan fingerprint density at radius 1 is 1.38 bits per heavy atom. The Labute approximate surface area is 98.2 Å². The molecule has 1 aromatic rings. The summed E-state index contributed by atoms with van der Waals surface area (Å²) in [5.41, 5.74) is 0.499. The summed E-state index contributed by atoms with van der Waals surface area (Å²) in [6.07, 6.45) is 0.247. The maximum Gasteiger partial charge on any atom is 0.330 e. The fourth-order valence-corrected chi connectivity index (χ4v) is 1.33. The predicted molar refractivity (Wildman–Crippen MR) is 60.3 cm³/mol. The van der Waals surface area contributed by atoms with Gasteiger partial charge >= 0.3 is 5.97 Å². The molecule has 1 amide bonds. The summed E-state index contributed by atoms with van der Waals surface area (Å²) in [5, 5.41) is 11.9. The minimum atomic E-state index is -1.09. The van der Waals surface area contributed by atoms with Crippen LogP contribution in [0, 0.1) is 0 Å². The maximum absolute atomic E-state index is 11.2. The van der Waals surface area contributed by atoms with Gasteiger partial charge in [-0.2, -0.15) is 0 Å². The Hall–Kier alpha value is -1.55. The van der Waals surface area contributed by atoms with E-state index in [0.29, 0.717) is 10.6 Å². The van der Waals surface area contributed by atoms with E-state index in [-0.39, 0.29) is 12.3 Å². The number of hydrogen-bond acceptors (Lipinski definition) is 2. The molecule has 0 bridgehead atoms. The molecule has 0 heterocycles. The standard InChI is InChI=1S/C11H12ClNO3/c1-2-9(14)13-10(11(15)16)7-3-5-8(12)6-4-7/h3-6,10H,2H2,1H3,(H,13,14)(H,15,16). The third-order valence-corrected chi connectivity index (χ3v) is 2.33. The van der Waals surface area contributed by atoms with Crippen molar-refractivity contribution < 1.29 is 14.7 Å².